The van der Waals surface area contributed by atoms with Gasteiger partial charge in [0.1, 0.15) is 12.7 Å². The highest BCUT2D eigenvalue weighted by Crippen LogP contribution is 2.25. The maximum absolute atomic E-state index is 12.3. The standard InChI is InChI=1S/C17H14Cl2N4O/c18-15-5-2-6-16(19)14(15)8-17(24)22-13-4-1-3-12(7-13)9-23-11-20-10-21-23/h1-7,10-11H,8-9H2,(H,22,24). The Morgan fingerprint density at radius 1 is 1.12 bits per heavy atom. The normalized spacial score (nSPS) is 10.6. The highest BCUT2D eigenvalue weighted by Gasteiger charge is 2.11. The lowest BCUT2D eigenvalue weighted by atomic mass is 10.1. The maximum Gasteiger partial charge on any atom is 0.228 e. The predicted molar refractivity (Wildman–Crippen MR) is 94.4 cm³/mol. The minimum absolute atomic E-state index is 0.117. The molecule has 2 aromatic carbocycles. The van der Waals surface area contributed by atoms with Crippen molar-refractivity contribution in [2.75, 3.05) is 5.32 Å². The van der Waals surface area contributed by atoms with E-state index >= 15 is 0 Å². The average molecular weight is 361 g/mol. The Labute approximate surface area is 149 Å². The van der Waals surface area contributed by atoms with Gasteiger partial charge in [0.05, 0.1) is 13.0 Å². The summed E-state index contributed by atoms with van der Waals surface area (Å²) in [5.41, 5.74) is 2.34. The van der Waals surface area contributed by atoms with E-state index in [4.69, 9.17) is 23.2 Å². The van der Waals surface area contributed by atoms with E-state index in [0.29, 0.717) is 27.8 Å². The van der Waals surface area contributed by atoms with Gasteiger partial charge in [0.2, 0.25) is 5.91 Å². The van der Waals surface area contributed by atoms with E-state index < -0.39 is 0 Å². The first-order valence-electron chi connectivity index (χ1n) is 7.26. The van der Waals surface area contributed by atoms with Crippen molar-refractivity contribution in [3.63, 3.8) is 0 Å². The van der Waals surface area contributed by atoms with Gasteiger partial charge < -0.3 is 5.32 Å². The van der Waals surface area contributed by atoms with Gasteiger partial charge in [0.25, 0.3) is 0 Å². The summed E-state index contributed by atoms with van der Waals surface area (Å²) in [4.78, 5) is 16.2. The summed E-state index contributed by atoms with van der Waals surface area (Å²) >= 11 is 12.2. The monoisotopic (exact) mass is 360 g/mol. The first-order chi connectivity index (χ1) is 11.6. The van der Waals surface area contributed by atoms with Crippen molar-refractivity contribution in [2.24, 2.45) is 0 Å². The molecule has 3 aromatic rings. The number of hydrogen-bond donors (Lipinski definition) is 1. The second-order valence-electron chi connectivity index (χ2n) is 5.22. The Morgan fingerprint density at radius 2 is 1.88 bits per heavy atom. The Balaban J connectivity index is 1.68. The number of carbonyl (C=O) groups is 1. The molecule has 0 bridgehead atoms. The number of benzene rings is 2. The summed E-state index contributed by atoms with van der Waals surface area (Å²) in [6, 6.07) is 12.8. The molecule has 24 heavy (non-hydrogen) atoms. The summed E-state index contributed by atoms with van der Waals surface area (Å²) in [7, 11) is 0. The van der Waals surface area contributed by atoms with Crippen molar-refractivity contribution >= 4 is 34.8 Å². The molecule has 0 fully saturated rings. The van der Waals surface area contributed by atoms with Crippen molar-refractivity contribution in [2.45, 2.75) is 13.0 Å². The lowest BCUT2D eigenvalue weighted by molar-refractivity contribution is -0.115. The van der Waals surface area contributed by atoms with E-state index in [-0.39, 0.29) is 12.3 Å². The fraction of sp³-hybridized carbons (Fsp3) is 0.118. The van der Waals surface area contributed by atoms with Crippen molar-refractivity contribution in [3.05, 3.63) is 76.3 Å². The molecule has 1 aromatic heterocycles. The van der Waals surface area contributed by atoms with Crippen molar-refractivity contribution in [3.8, 4) is 0 Å². The van der Waals surface area contributed by atoms with Gasteiger partial charge in [-0.3, -0.25) is 4.79 Å². The number of rotatable bonds is 5. The minimum Gasteiger partial charge on any atom is -0.326 e. The summed E-state index contributed by atoms with van der Waals surface area (Å²) in [5, 5.41) is 7.90. The third-order valence-electron chi connectivity index (χ3n) is 3.42. The number of carbonyl (C=O) groups excluding carboxylic acids is 1. The highest BCUT2D eigenvalue weighted by molar-refractivity contribution is 6.36. The van der Waals surface area contributed by atoms with Crippen LogP contribution in [0.2, 0.25) is 10.0 Å². The molecular weight excluding hydrogens is 347 g/mol. The molecule has 0 aliphatic carbocycles. The number of amides is 1. The van der Waals surface area contributed by atoms with Crippen molar-refractivity contribution in [1.29, 1.82) is 0 Å². The van der Waals surface area contributed by atoms with Crippen LogP contribution in [0.15, 0.2) is 55.1 Å². The third-order valence-corrected chi connectivity index (χ3v) is 4.13. The van der Waals surface area contributed by atoms with E-state index in [9.17, 15) is 4.79 Å². The van der Waals surface area contributed by atoms with Crippen molar-refractivity contribution in [1.82, 2.24) is 14.8 Å². The van der Waals surface area contributed by atoms with E-state index in [1.54, 1.807) is 29.2 Å². The van der Waals surface area contributed by atoms with Gasteiger partial charge in [-0.2, -0.15) is 5.10 Å². The first-order valence-corrected chi connectivity index (χ1v) is 8.01. The minimum atomic E-state index is -0.178. The average Bonchev–Trinajstić information content (AvgIpc) is 3.04. The molecule has 7 heteroatoms. The van der Waals surface area contributed by atoms with Crippen LogP contribution in [-0.4, -0.2) is 20.7 Å². The Hall–Kier alpha value is -2.37. The SMILES string of the molecule is O=C(Cc1c(Cl)cccc1Cl)Nc1cccc(Cn2cncn2)c1. The number of hydrogen-bond acceptors (Lipinski definition) is 3. The van der Waals surface area contributed by atoms with Crippen LogP contribution < -0.4 is 5.32 Å². The second-order valence-corrected chi connectivity index (χ2v) is 6.03. The lowest BCUT2D eigenvalue weighted by Crippen LogP contribution is -2.15. The van der Waals surface area contributed by atoms with Crippen LogP contribution in [0.25, 0.3) is 0 Å². The van der Waals surface area contributed by atoms with Gasteiger partial charge in [0.15, 0.2) is 0 Å². The third kappa shape index (κ3) is 4.13. The van der Waals surface area contributed by atoms with E-state index in [1.807, 2.05) is 24.3 Å². The summed E-state index contributed by atoms with van der Waals surface area (Å²) in [6.45, 7) is 0.583. The van der Waals surface area contributed by atoms with Gasteiger partial charge in [-0.25, -0.2) is 9.67 Å². The molecule has 0 aliphatic rings. The van der Waals surface area contributed by atoms with Crippen LogP contribution in [0.4, 0.5) is 5.69 Å². The van der Waals surface area contributed by atoms with Gasteiger partial charge >= 0.3 is 0 Å². The molecule has 1 amide bonds. The molecule has 0 saturated carbocycles. The zero-order valence-electron chi connectivity index (χ0n) is 12.6. The van der Waals surface area contributed by atoms with Gasteiger partial charge in [-0.1, -0.05) is 41.4 Å². The van der Waals surface area contributed by atoms with Gasteiger partial charge in [-0.15, -0.1) is 0 Å². The fourth-order valence-corrected chi connectivity index (χ4v) is 2.85. The topological polar surface area (TPSA) is 59.8 Å². The van der Waals surface area contributed by atoms with E-state index in [0.717, 1.165) is 5.56 Å². The van der Waals surface area contributed by atoms with Crippen LogP contribution in [0, 0.1) is 0 Å². The number of nitrogens with zero attached hydrogens (tertiary/aromatic N) is 3. The Morgan fingerprint density at radius 3 is 2.58 bits per heavy atom. The zero-order valence-corrected chi connectivity index (χ0v) is 14.1. The fourth-order valence-electron chi connectivity index (χ4n) is 2.32. The summed E-state index contributed by atoms with van der Waals surface area (Å²) < 4.78 is 1.71. The molecule has 1 N–H and O–H groups in total. The molecule has 0 saturated heterocycles. The van der Waals surface area contributed by atoms with Crippen molar-refractivity contribution < 1.29 is 4.79 Å². The molecular formula is C17H14Cl2N4O. The molecule has 1 heterocycles. The van der Waals surface area contributed by atoms with Gasteiger partial charge in [-0.05, 0) is 35.4 Å². The first kappa shape index (κ1) is 16.5. The number of halogens is 2. The Kier molecular flexibility index (Phi) is 5.13. The molecule has 5 nitrogen and oxygen atoms in total. The van der Waals surface area contributed by atoms with E-state index in [1.165, 1.54) is 6.33 Å². The van der Waals surface area contributed by atoms with Crippen LogP contribution in [-0.2, 0) is 17.8 Å². The number of anilines is 1. The molecule has 0 radical (unpaired) electrons. The molecule has 0 aliphatic heterocycles. The van der Waals surface area contributed by atoms with Crippen LogP contribution in [0.5, 0.6) is 0 Å². The van der Waals surface area contributed by atoms with Crippen LogP contribution in [0.3, 0.4) is 0 Å². The maximum atomic E-state index is 12.3. The summed E-state index contributed by atoms with van der Waals surface area (Å²) in [6.07, 6.45) is 3.25. The molecule has 122 valence electrons. The van der Waals surface area contributed by atoms with Crippen LogP contribution in [0.1, 0.15) is 11.1 Å². The van der Waals surface area contributed by atoms with Crippen LogP contribution >= 0.6 is 23.2 Å². The Bertz CT molecular complexity index is 829. The van der Waals surface area contributed by atoms with Gasteiger partial charge in [0, 0.05) is 15.7 Å². The molecule has 0 atom stereocenters. The number of aromatic nitrogens is 3. The smallest absolute Gasteiger partial charge is 0.228 e. The molecule has 0 spiro atoms. The number of nitrogens with one attached hydrogen (secondary N) is 1. The lowest BCUT2D eigenvalue weighted by Gasteiger charge is -2.09. The molecule has 3 rings (SSSR count). The largest absolute Gasteiger partial charge is 0.326 e. The quantitative estimate of drug-likeness (QED) is 0.752. The van der Waals surface area contributed by atoms with E-state index in [2.05, 4.69) is 15.4 Å². The second kappa shape index (κ2) is 7.47. The predicted octanol–water partition coefficient (Wildman–Crippen LogP) is 3.81. The molecule has 0 unspecified atom stereocenters. The highest BCUT2D eigenvalue weighted by atomic mass is 35.5. The summed E-state index contributed by atoms with van der Waals surface area (Å²) in [5.74, 6) is -0.178. The zero-order chi connectivity index (χ0) is 16.9.